The average molecular weight is 312 g/mol. The van der Waals surface area contributed by atoms with Crippen LogP contribution in [0.25, 0.3) is 0 Å². The smallest absolute Gasteiger partial charge is 0.423 e. The maximum Gasteiger partial charge on any atom is 0.491 e. The quantitative estimate of drug-likeness (QED) is 0.505. The number of thioether (sulfide) groups is 1. The second-order valence-electron chi connectivity index (χ2n) is 5.19. The number of fused-ring (bicyclic) bond motifs is 1. The van der Waals surface area contributed by atoms with Crippen LogP contribution in [0.3, 0.4) is 0 Å². The molecule has 0 aromatic heterocycles. The molecule has 2 aromatic carbocycles. The summed E-state index contributed by atoms with van der Waals surface area (Å²) < 4.78 is 5.18. The fraction of sp³-hybridized carbons (Fsp3) is 0.176. The third kappa shape index (κ3) is 3.13. The molecule has 3 rings (SSSR count). The van der Waals surface area contributed by atoms with Gasteiger partial charge in [0.2, 0.25) is 0 Å². The van der Waals surface area contributed by atoms with Gasteiger partial charge in [-0.05, 0) is 34.3 Å². The van der Waals surface area contributed by atoms with E-state index in [1.165, 1.54) is 0 Å². The van der Waals surface area contributed by atoms with E-state index in [9.17, 15) is 10.1 Å². The first-order valence-electron chi connectivity index (χ1n) is 7.13. The summed E-state index contributed by atoms with van der Waals surface area (Å²) in [5.41, 5.74) is 3.31. The lowest BCUT2D eigenvalue weighted by molar-refractivity contribution is 0.220. The van der Waals surface area contributed by atoms with E-state index in [1.54, 1.807) is 11.8 Å². The van der Waals surface area contributed by atoms with Crippen molar-refractivity contribution < 1.29 is 14.8 Å². The van der Waals surface area contributed by atoms with E-state index in [-0.39, 0.29) is 0 Å². The van der Waals surface area contributed by atoms with E-state index in [2.05, 4.69) is 6.58 Å². The Kier molecular flexibility index (Phi) is 4.69. The molecule has 0 bridgehead atoms. The van der Waals surface area contributed by atoms with Gasteiger partial charge in [-0.2, -0.15) is 0 Å². The summed E-state index contributed by atoms with van der Waals surface area (Å²) in [5.74, 6) is 0.866. The van der Waals surface area contributed by atoms with E-state index < -0.39 is 13.2 Å². The summed E-state index contributed by atoms with van der Waals surface area (Å²) in [6.45, 7) is 4.12. The summed E-state index contributed by atoms with van der Waals surface area (Å²) in [6.07, 6.45) is 1.15. The first kappa shape index (κ1) is 15.4. The highest BCUT2D eigenvalue weighted by atomic mass is 32.2. The zero-order chi connectivity index (χ0) is 15.5. The van der Waals surface area contributed by atoms with Gasteiger partial charge in [-0.1, -0.05) is 36.4 Å². The lowest BCUT2D eigenvalue weighted by Crippen LogP contribution is -2.28. The van der Waals surface area contributed by atoms with Gasteiger partial charge in [-0.25, -0.2) is 0 Å². The van der Waals surface area contributed by atoms with Gasteiger partial charge in [-0.3, -0.25) is 0 Å². The topological polar surface area (TPSA) is 49.7 Å². The number of hydrogen-bond donors (Lipinski definition) is 2. The minimum atomic E-state index is -0.889. The van der Waals surface area contributed by atoms with Crippen LogP contribution in [0.2, 0.25) is 0 Å². The summed E-state index contributed by atoms with van der Waals surface area (Å²) in [4.78, 5) is 1.15. The Bertz CT molecular complexity index is 672. The zero-order valence-electron chi connectivity index (χ0n) is 12.1. The third-order valence-corrected chi connectivity index (χ3v) is 4.72. The Morgan fingerprint density at radius 3 is 2.68 bits per heavy atom. The number of benzene rings is 2. The molecule has 22 heavy (non-hydrogen) atoms. The van der Waals surface area contributed by atoms with Crippen molar-refractivity contribution >= 4 is 24.3 Å². The Morgan fingerprint density at radius 1 is 1.23 bits per heavy atom. The monoisotopic (exact) mass is 312 g/mol. The van der Waals surface area contributed by atoms with E-state index in [1.807, 2.05) is 48.5 Å². The van der Waals surface area contributed by atoms with E-state index in [0.29, 0.717) is 6.61 Å². The average Bonchev–Trinajstić information content (AvgIpc) is 2.93. The molecule has 0 radical (unpaired) electrons. The summed E-state index contributed by atoms with van der Waals surface area (Å²) >= 11 is 1.70. The van der Waals surface area contributed by atoms with Crippen LogP contribution in [0, 0.1) is 0 Å². The largest absolute Gasteiger partial charge is 0.491 e. The summed E-state index contributed by atoms with van der Waals surface area (Å²) in [7, 11) is -0.889. The van der Waals surface area contributed by atoms with Crippen molar-refractivity contribution in [2.45, 2.75) is 17.6 Å². The molecule has 2 aromatic rings. The molecule has 0 aliphatic carbocycles. The second-order valence-corrected chi connectivity index (χ2v) is 6.29. The molecule has 1 unspecified atom stereocenters. The molecule has 1 aliphatic rings. The minimum Gasteiger partial charge on any atom is -0.423 e. The highest BCUT2D eigenvalue weighted by molar-refractivity contribution is 7.99. The zero-order valence-corrected chi connectivity index (χ0v) is 12.9. The van der Waals surface area contributed by atoms with Gasteiger partial charge in [0.25, 0.3) is 0 Å². The Hall–Kier alpha value is -1.53. The fourth-order valence-corrected chi connectivity index (χ4v) is 3.14. The highest BCUT2D eigenvalue weighted by Gasteiger charge is 2.28. The van der Waals surface area contributed by atoms with Crippen molar-refractivity contribution in [2.24, 2.45) is 0 Å². The van der Waals surface area contributed by atoms with Crippen LogP contribution in [-0.4, -0.2) is 23.0 Å². The van der Waals surface area contributed by atoms with Crippen LogP contribution in [0.15, 0.2) is 60.0 Å². The number of hydrogen-bond acceptors (Lipinski definition) is 4. The maximum atomic E-state index is 10.5. The molecule has 0 fully saturated rings. The molecule has 1 atom stereocenters. The predicted molar refractivity (Wildman–Crippen MR) is 90.3 cm³/mol. The van der Waals surface area contributed by atoms with Crippen LogP contribution in [-0.2, 0) is 11.3 Å². The van der Waals surface area contributed by atoms with Crippen molar-refractivity contribution in [3.8, 4) is 0 Å². The third-order valence-electron chi connectivity index (χ3n) is 3.71. The lowest BCUT2D eigenvalue weighted by Gasteiger charge is -2.13. The molecule has 0 saturated carbocycles. The molecule has 3 nitrogen and oxygen atoms in total. The van der Waals surface area contributed by atoms with E-state index >= 15 is 0 Å². The van der Waals surface area contributed by atoms with Crippen LogP contribution in [0.5, 0.6) is 0 Å². The molecule has 112 valence electrons. The molecule has 1 aliphatic heterocycles. The second kappa shape index (κ2) is 6.71. The van der Waals surface area contributed by atoms with E-state index in [0.717, 1.165) is 32.8 Å². The normalized spacial score (nSPS) is 14.7. The minimum absolute atomic E-state index is 0.419. The van der Waals surface area contributed by atoms with Crippen molar-refractivity contribution in [1.82, 2.24) is 0 Å². The first-order chi connectivity index (χ1) is 10.7. The standard InChI is InChI=1S/C17H17BO3S/c1-2-9-22-15-7-5-12(6-8-15)17(19)13-3-4-14-11-21-18(20)16(14)10-13/h2-8,10,17,19-20H,1,9,11H2. The van der Waals surface area contributed by atoms with Crippen molar-refractivity contribution in [1.29, 1.82) is 0 Å². The fourth-order valence-electron chi connectivity index (χ4n) is 2.50. The van der Waals surface area contributed by atoms with Crippen LogP contribution < -0.4 is 5.46 Å². The molecule has 2 N–H and O–H groups in total. The van der Waals surface area contributed by atoms with Crippen LogP contribution in [0.1, 0.15) is 22.8 Å². The molecule has 0 saturated heterocycles. The Balaban J connectivity index is 1.80. The molecule has 0 spiro atoms. The maximum absolute atomic E-state index is 10.5. The molecule has 5 heteroatoms. The predicted octanol–water partition coefficient (Wildman–Crippen LogP) is 2.26. The number of rotatable bonds is 5. The number of aliphatic hydroxyl groups excluding tert-OH is 1. The van der Waals surface area contributed by atoms with Crippen LogP contribution >= 0.6 is 11.8 Å². The van der Waals surface area contributed by atoms with Crippen molar-refractivity contribution in [3.63, 3.8) is 0 Å². The SMILES string of the molecule is C=CCSc1ccc(C(O)c2ccc3c(c2)B(O)OC3)cc1. The Morgan fingerprint density at radius 2 is 1.95 bits per heavy atom. The van der Waals surface area contributed by atoms with E-state index in [4.69, 9.17) is 4.65 Å². The molecule has 1 heterocycles. The van der Waals surface area contributed by atoms with Crippen molar-refractivity contribution in [2.75, 3.05) is 5.75 Å². The molecular formula is C17H17BO3S. The number of aliphatic hydroxyl groups is 1. The van der Waals surface area contributed by atoms with Gasteiger partial charge in [0, 0.05) is 10.6 Å². The van der Waals surface area contributed by atoms with Crippen LogP contribution in [0.4, 0.5) is 0 Å². The molecule has 0 amide bonds. The van der Waals surface area contributed by atoms with Gasteiger partial charge in [-0.15, -0.1) is 18.3 Å². The van der Waals surface area contributed by atoms with Gasteiger partial charge >= 0.3 is 7.12 Å². The van der Waals surface area contributed by atoms with Gasteiger partial charge in [0.1, 0.15) is 6.10 Å². The highest BCUT2D eigenvalue weighted by Crippen LogP contribution is 2.26. The molecular weight excluding hydrogens is 295 g/mol. The summed E-state index contributed by atoms with van der Waals surface area (Å²) in [6, 6.07) is 13.4. The summed E-state index contributed by atoms with van der Waals surface area (Å²) in [5, 5.41) is 20.3. The van der Waals surface area contributed by atoms with Gasteiger partial charge < -0.3 is 14.8 Å². The Labute approximate surface area is 134 Å². The van der Waals surface area contributed by atoms with Crippen molar-refractivity contribution in [3.05, 3.63) is 71.8 Å². The lowest BCUT2D eigenvalue weighted by atomic mass is 9.78. The van der Waals surface area contributed by atoms with Gasteiger partial charge in [0.05, 0.1) is 6.61 Å². The first-order valence-corrected chi connectivity index (χ1v) is 8.11. The van der Waals surface area contributed by atoms with Gasteiger partial charge in [0.15, 0.2) is 0 Å².